The van der Waals surface area contributed by atoms with Crippen molar-refractivity contribution in [3.8, 4) is 10.6 Å². The summed E-state index contributed by atoms with van der Waals surface area (Å²) in [5.41, 5.74) is 6.90. The summed E-state index contributed by atoms with van der Waals surface area (Å²) in [7, 11) is 0. The third kappa shape index (κ3) is 3.83. The molecule has 1 aromatic carbocycles. The quantitative estimate of drug-likeness (QED) is 0.907. The SMILES string of the molecule is CCC(N)Cc1sc(-c2ccc(C(F)(F)F)cc2)nc1C. The zero-order valence-electron chi connectivity index (χ0n) is 11.9. The van der Waals surface area contributed by atoms with E-state index < -0.39 is 11.7 Å². The summed E-state index contributed by atoms with van der Waals surface area (Å²) >= 11 is 1.50. The molecule has 0 saturated heterocycles. The van der Waals surface area contributed by atoms with Crippen LogP contribution in [0.5, 0.6) is 0 Å². The molecule has 0 bridgehead atoms. The molecule has 114 valence electrons. The van der Waals surface area contributed by atoms with Gasteiger partial charge in [-0.2, -0.15) is 13.2 Å². The topological polar surface area (TPSA) is 38.9 Å². The summed E-state index contributed by atoms with van der Waals surface area (Å²) in [4.78, 5) is 5.54. The summed E-state index contributed by atoms with van der Waals surface area (Å²) in [5, 5.41) is 0.736. The molecule has 0 fully saturated rings. The molecule has 1 unspecified atom stereocenters. The van der Waals surface area contributed by atoms with Gasteiger partial charge in [0.25, 0.3) is 0 Å². The van der Waals surface area contributed by atoms with Crippen molar-refractivity contribution in [2.45, 2.75) is 38.9 Å². The molecule has 0 saturated carbocycles. The molecule has 21 heavy (non-hydrogen) atoms. The predicted molar refractivity (Wildman–Crippen MR) is 79.3 cm³/mol. The van der Waals surface area contributed by atoms with Gasteiger partial charge in [-0.3, -0.25) is 0 Å². The first-order valence-corrected chi connectivity index (χ1v) is 7.52. The first kappa shape index (κ1) is 16.0. The highest BCUT2D eigenvalue weighted by atomic mass is 32.1. The van der Waals surface area contributed by atoms with Gasteiger partial charge in [0.2, 0.25) is 0 Å². The molecule has 1 aromatic heterocycles. The normalized spacial score (nSPS) is 13.4. The second-order valence-electron chi connectivity index (χ2n) is 4.98. The van der Waals surface area contributed by atoms with Crippen molar-refractivity contribution in [2.24, 2.45) is 5.73 Å². The number of halogens is 3. The Balaban J connectivity index is 2.24. The number of aryl methyl sites for hydroxylation is 1. The van der Waals surface area contributed by atoms with Crippen molar-refractivity contribution < 1.29 is 13.2 Å². The molecule has 1 heterocycles. The Morgan fingerprint density at radius 1 is 1.24 bits per heavy atom. The summed E-state index contributed by atoms with van der Waals surface area (Å²) in [6.07, 6.45) is -2.68. The van der Waals surface area contributed by atoms with Gasteiger partial charge < -0.3 is 5.73 Å². The molecule has 2 nitrogen and oxygen atoms in total. The van der Waals surface area contributed by atoms with Gasteiger partial charge in [-0.25, -0.2) is 4.98 Å². The van der Waals surface area contributed by atoms with Crippen LogP contribution in [0.15, 0.2) is 24.3 Å². The van der Waals surface area contributed by atoms with Gasteiger partial charge in [0.05, 0.1) is 11.3 Å². The zero-order valence-corrected chi connectivity index (χ0v) is 12.7. The minimum Gasteiger partial charge on any atom is -0.327 e. The molecule has 6 heteroatoms. The lowest BCUT2D eigenvalue weighted by Gasteiger charge is -2.06. The standard InChI is InChI=1S/C15H17F3N2S/c1-3-12(19)8-13-9(2)20-14(21-13)10-4-6-11(7-5-10)15(16,17)18/h4-7,12H,3,8,19H2,1-2H3. The summed E-state index contributed by atoms with van der Waals surface area (Å²) in [6, 6.07) is 5.19. The van der Waals surface area contributed by atoms with Crippen LogP contribution in [0.2, 0.25) is 0 Å². The van der Waals surface area contributed by atoms with Crippen molar-refractivity contribution >= 4 is 11.3 Å². The lowest BCUT2D eigenvalue weighted by Crippen LogP contribution is -2.21. The molecule has 2 aromatic rings. The highest BCUT2D eigenvalue weighted by molar-refractivity contribution is 7.15. The lowest BCUT2D eigenvalue weighted by molar-refractivity contribution is -0.137. The average molecular weight is 314 g/mol. The second-order valence-corrected chi connectivity index (χ2v) is 6.06. The summed E-state index contributed by atoms with van der Waals surface area (Å²) in [6.45, 7) is 3.93. The predicted octanol–water partition coefficient (Wildman–Crippen LogP) is 4.42. The van der Waals surface area contributed by atoms with Crippen LogP contribution < -0.4 is 5.73 Å². The van der Waals surface area contributed by atoms with Gasteiger partial charge in [-0.1, -0.05) is 19.1 Å². The number of nitrogens with zero attached hydrogens (tertiary/aromatic N) is 1. The van der Waals surface area contributed by atoms with Crippen molar-refractivity contribution in [1.82, 2.24) is 4.98 Å². The Labute approximate surface area is 125 Å². The number of aromatic nitrogens is 1. The van der Waals surface area contributed by atoms with Crippen LogP contribution in [0, 0.1) is 6.92 Å². The first-order chi connectivity index (χ1) is 9.81. The van der Waals surface area contributed by atoms with Crippen LogP contribution in [0.1, 0.15) is 29.5 Å². The van der Waals surface area contributed by atoms with Gasteiger partial charge in [0.1, 0.15) is 5.01 Å². The van der Waals surface area contributed by atoms with Gasteiger partial charge in [-0.15, -0.1) is 11.3 Å². The lowest BCUT2D eigenvalue weighted by atomic mass is 10.1. The van der Waals surface area contributed by atoms with E-state index in [1.54, 1.807) is 0 Å². The fraction of sp³-hybridized carbons (Fsp3) is 0.400. The molecule has 0 aliphatic carbocycles. The highest BCUT2D eigenvalue weighted by Crippen LogP contribution is 2.33. The number of alkyl halides is 3. The van der Waals surface area contributed by atoms with E-state index in [4.69, 9.17) is 5.73 Å². The van der Waals surface area contributed by atoms with E-state index in [2.05, 4.69) is 4.98 Å². The summed E-state index contributed by atoms with van der Waals surface area (Å²) in [5.74, 6) is 0. The van der Waals surface area contributed by atoms with E-state index in [9.17, 15) is 13.2 Å². The Kier molecular flexibility index (Phi) is 4.68. The second kappa shape index (κ2) is 6.15. The Bertz CT molecular complexity index is 602. The summed E-state index contributed by atoms with van der Waals surface area (Å²) < 4.78 is 37.6. The van der Waals surface area contributed by atoms with Crippen molar-refractivity contribution in [1.29, 1.82) is 0 Å². The van der Waals surface area contributed by atoms with Gasteiger partial charge in [-0.05, 0) is 31.9 Å². The molecule has 0 aliphatic rings. The van der Waals surface area contributed by atoms with E-state index >= 15 is 0 Å². The number of hydrogen-bond donors (Lipinski definition) is 1. The highest BCUT2D eigenvalue weighted by Gasteiger charge is 2.30. The smallest absolute Gasteiger partial charge is 0.327 e. The van der Waals surface area contributed by atoms with Crippen LogP contribution in [0.3, 0.4) is 0 Å². The molecule has 0 spiro atoms. The van der Waals surface area contributed by atoms with Crippen LogP contribution in [0.25, 0.3) is 10.6 Å². The van der Waals surface area contributed by atoms with Gasteiger partial charge in [0.15, 0.2) is 0 Å². The van der Waals surface area contributed by atoms with Crippen molar-refractivity contribution in [3.05, 3.63) is 40.4 Å². The third-order valence-electron chi connectivity index (χ3n) is 3.32. The number of thiazole rings is 1. The largest absolute Gasteiger partial charge is 0.416 e. The molecular weight excluding hydrogens is 297 g/mol. The number of rotatable bonds is 4. The van der Waals surface area contributed by atoms with E-state index in [1.807, 2.05) is 13.8 Å². The van der Waals surface area contributed by atoms with Crippen LogP contribution in [-0.2, 0) is 12.6 Å². The van der Waals surface area contributed by atoms with Gasteiger partial charge in [0, 0.05) is 16.5 Å². The molecule has 0 amide bonds. The maximum Gasteiger partial charge on any atom is 0.416 e. The number of nitrogens with two attached hydrogens (primary N) is 1. The van der Waals surface area contributed by atoms with Crippen LogP contribution in [0.4, 0.5) is 13.2 Å². The number of hydrogen-bond acceptors (Lipinski definition) is 3. The Morgan fingerprint density at radius 3 is 2.38 bits per heavy atom. The van der Waals surface area contributed by atoms with Crippen LogP contribution in [-0.4, -0.2) is 11.0 Å². The maximum atomic E-state index is 12.5. The fourth-order valence-corrected chi connectivity index (χ4v) is 3.09. The average Bonchev–Trinajstić information content (AvgIpc) is 2.79. The molecule has 2 rings (SSSR count). The molecule has 0 radical (unpaired) electrons. The van der Waals surface area contributed by atoms with E-state index in [0.717, 1.165) is 40.6 Å². The third-order valence-corrected chi connectivity index (χ3v) is 4.55. The molecule has 1 atom stereocenters. The zero-order chi connectivity index (χ0) is 15.6. The monoisotopic (exact) mass is 314 g/mol. The fourth-order valence-electron chi connectivity index (χ4n) is 1.93. The minimum atomic E-state index is -4.31. The Hall–Kier alpha value is -1.40. The van der Waals surface area contributed by atoms with E-state index in [-0.39, 0.29) is 6.04 Å². The first-order valence-electron chi connectivity index (χ1n) is 6.70. The molecule has 2 N–H and O–H groups in total. The van der Waals surface area contributed by atoms with E-state index in [0.29, 0.717) is 5.56 Å². The van der Waals surface area contributed by atoms with Gasteiger partial charge >= 0.3 is 6.18 Å². The Morgan fingerprint density at radius 2 is 1.86 bits per heavy atom. The number of benzene rings is 1. The minimum absolute atomic E-state index is 0.0876. The maximum absolute atomic E-state index is 12.5. The molecular formula is C15H17F3N2S. The van der Waals surface area contributed by atoms with Crippen molar-refractivity contribution in [3.63, 3.8) is 0 Å². The van der Waals surface area contributed by atoms with E-state index in [1.165, 1.54) is 23.5 Å². The van der Waals surface area contributed by atoms with Crippen molar-refractivity contribution in [2.75, 3.05) is 0 Å². The molecule has 0 aliphatic heterocycles. The van der Waals surface area contributed by atoms with Crippen LogP contribution >= 0.6 is 11.3 Å².